The number of amides is 1. The van der Waals surface area contributed by atoms with Crippen LogP contribution in [0.3, 0.4) is 0 Å². The summed E-state index contributed by atoms with van der Waals surface area (Å²) in [5.41, 5.74) is 3.44. The Hall–Kier alpha value is -2.79. The molecule has 0 radical (unpaired) electrons. The normalized spacial score (nSPS) is 21.8. The summed E-state index contributed by atoms with van der Waals surface area (Å²) < 4.78 is 29.7. The van der Waals surface area contributed by atoms with E-state index in [4.69, 9.17) is 4.74 Å². The molecular formula is C28H38N4O5S. The number of benzene rings is 2. The van der Waals surface area contributed by atoms with Crippen LogP contribution in [-0.4, -0.2) is 104 Å². The zero-order chi connectivity index (χ0) is 27.4. The van der Waals surface area contributed by atoms with Crippen molar-refractivity contribution in [3.8, 4) is 0 Å². The van der Waals surface area contributed by atoms with Gasteiger partial charge in [-0.2, -0.15) is 4.31 Å². The molecule has 206 valence electrons. The Bertz CT molecular complexity index is 1210. The lowest BCUT2D eigenvalue weighted by Crippen LogP contribution is -2.58. The van der Waals surface area contributed by atoms with E-state index in [2.05, 4.69) is 23.6 Å². The highest BCUT2D eigenvalue weighted by atomic mass is 32.2. The Labute approximate surface area is 226 Å². The fourth-order valence-electron chi connectivity index (χ4n) is 5.46. The molecule has 4 rings (SSSR count). The third kappa shape index (κ3) is 6.79. The molecule has 2 saturated heterocycles. The zero-order valence-electron chi connectivity index (χ0n) is 22.7. The number of hydrogen-bond donors (Lipinski definition) is 0. The van der Waals surface area contributed by atoms with Gasteiger partial charge in [0.05, 0.1) is 18.9 Å². The SMILES string of the molecule is COC(=O)c1ccc(CN2C[C@@H](C)N(C(=O)c3ccc(CN4CCN(S(C)(=O)=O)CC4)cc3)[C@@H](C)C2)cc1. The number of rotatable bonds is 7. The lowest BCUT2D eigenvalue weighted by atomic mass is 10.0. The molecule has 2 aliphatic heterocycles. The average molecular weight is 543 g/mol. The summed E-state index contributed by atoms with van der Waals surface area (Å²) in [4.78, 5) is 31.7. The third-order valence-electron chi connectivity index (χ3n) is 7.42. The van der Waals surface area contributed by atoms with Crippen molar-refractivity contribution in [2.75, 3.05) is 52.6 Å². The van der Waals surface area contributed by atoms with Gasteiger partial charge in [-0.25, -0.2) is 13.2 Å². The van der Waals surface area contributed by atoms with E-state index >= 15 is 0 Å². The van der Waals surface area contributed by atoms with Gasteiger partial charge in [0.1, 0.15) is 0 Å². The molecule has 0 saturated carbocycles. The van der Waals surface area contributed by atoms with Crippen molar-refractivity contribution in [1.82, 2.24) is 19.0 Å². The van der Waals surface area contributed by atoms with Crippen molar-refractivity contribution >= 4 is 21.9 Å². The maximum Gasteiger partial charge on any atom is 0.337 e. The summed E-state index contributed by atoms with van der Waals surface area (Å²) >= 11 is 0. The van der Waals surface area contributed by atoms with Crippen LogP contribution in [0, 0.1) is 0 Å². The van der Waals surface area contributed by atoms with Gasteiger partial charge >= 0.3 is 5.97 Å². The highest BCUT2D eigenvalue weighted by Crippen LogP contribution is 2.22. The van der Waals surface area contributed by atoms with Crippen LogP contribution in [0.4, 0.5) is 0 Å². The van der Waals surface area contributed by atoms with Gasteiger partial charge in [0, 0.05) is 70.0 Å². The number of esters is 1. The number of nitrogens with zero attached hydrogens (tertiary/aromatic N) is 4. The van der Waals surface area contributed by atoms with Crippen molar-refractivity contribution in [1.29, 1.82) is 0 Å². The van der Waals surface area contributed by atoms with Crippen LogP contribution in [0.5, 0.6) is 0 Å². The molecular weight excluding hydrogens is 504 g/mol. The molecule has 1 amide bonds. The number of methoxy groups -OCH3 is 1. The Balaban J connectivity index is 1.31. The molecule has 0 aliphatic carbocycles. The minimum atomic E-state index is -3.14. The van der Waals surface area contributed by atoms with Gasteiger partial charge in [0.15, 0.2) is 0 Å². The first-order valence-corrected chi connectivity index (χ1v) is 14.9. The molecule has 2 aliphatic rings. The van der Waals surface area contributed by atoms with Crippen molar-refractivity contribution in [3.05, 3.63) is 70.8 Å². The van der Waals surface area contributed by atoms with E-state index in [1.165, 1.54) is 17.7 Å². The minimum Gasteiger partial charge on any atom is -0.465 e. The second kappa shape index (κ2) is 11.9. The molecule has 2 fully saturated rings. The summed E-state index contributed by atoms with van der Waals surface area (Å²) in [6.45, 7) is 9.62. The number of carbonyl (C=O) groups excluding carboxylic acids is 2. The Morgan fingerprint density at radius 1 is 0.789 bits per heavy atom. The highest BCUT2D eigenvalue weighted by Gasteiger charge is 2.33. The van der Waals surface area contributed by atoms with E-state index in [9.17, 15) is 18.0 Å². The van der Waals surface area contributed by atoms with E-state index in [0.717, 1.165) is 37.3 Å². The van der Waals surface area contributed by atoms with Crippen LogP contribution in [0.15, 0.2) is 48.5 Å². The number of hydrogen-bond acceptors (Lipinski definition) is 7. The summed E-state index contributed by atoms with van der Waals surface area (Å²) in [5.74, 6) is -0.299. The van der Waals surface area contributed by atoms with E-state index in [-0.39, 0.29) is 24.0 Å². The molecule has 0 bridgehead atoms. The standard InChI is InChI=1S/C28H38N4O5S/c1-21-17-30(20-24-7-11-26(12-8-24)28(34)37-3)18-22(2)32(21)27(33)25-9-5-23(6-10-25)19-29-13-15-31(16-14-29)38(4,35)36/h5-12,21-22H,13-20H2,1-4H3/t21-,22+. The zero-order valence-corrected chi connectivity index (χ0v) is 23.5. The third-order valence-corrected chi connectivity index (χ3v) is 8.72. The predicted octanol–water partition coefficient (Wildman–Crippen LogP) is 2.29. The summed E-state index contributed by atoms with van der Waals surface area (Å²) in [7, 11) is -1.76. The van der Waals surface area contributed by atoms with E-state index in [1.807, 2.05) is 41.3 Å². The molecule has 0 unspecified atom stereocenters. The molecule has 2 aromatic carbocycles. The van der Waals surface area contributed by atoms with Crippen molar-refractivity contribution in [3.63, 3.8) is 0 Å². The van der Waals surface area contributed by atoms with Gasteiger partial charge in [0.2, 0.25) is 10.0 Å². The fourth-order valence-corrected chi connectivity index (χ4v) is 6.29. The Morgan fingerprint density at radius 2 is 1.26 bits per heavy atom. The largest absolute Gasteiger partial charge is 0.465 e. The molecule has 2 atom stereocenters. The number of carbonyl (C=O) groups is 2. The summed E-state index contributed by atoms with van der Waals surface area (Å²) in [6.07, 6.45) is 1.26. The quantitative estimate of drug-likeness (QED) is 0.496. The first kappa shape index (κ1) is 28.2. The number of piperazine rings is 2. The van der Waals surface area contributed by atoms with Crippen molar-refractivity contribution in [2.45, 2.75) is 39.0 Å². The second-order valence-corrected chi connectivity index (χ2v) is 12.4. The molecule has 2 aromatic rings. The van der Waals surface area contributed by atoms with E-state index in [0.29, 0.717) is 37.3 Å². The van der Waals surface area contributed by atoms with Crippen LogP contribution in [0.2, 0.25) is 0 Å². The van der Waals surface area contributed by atoms with Crippen LogP contribution in [0.1, 0.15) is 45.7 Å². The molecule has 0 aromatic heterocycles. The van der Waals surface area contributed by atoms with Gasteiger partial charge in [-0.15, -0.1) is 0 Å². The maximum atomic E-state index is 13.4. The van der Waals surface area contributed by atoms with Crippen LogP contribution >= 0.6 is 0 Å². The smallest absolute Gasteiger partial charge is 0.337 e. The first-order valence-electron chi connectivity index (χ1n) is 13.0. The summed E-state index contributed by atoms with van der Waals surface area (Å²) in [5, 5.41) is 0. The van der Waals surface area contributed by atoms with Crippen LogP contribution in [0.25, 0.3) is 0 Å². The van der Waals surface area contributed by atoms with E-state index < -0.39 is 10.0 Å². The average Bonchev–Trinajstić information content (AvgIpc) is 2.88. The molecule has 0 spiro atoms. The topological polar surface area (TPSA) is 90.5 Å². The van der Waals surface area contributed by atoms with Gasteiger partial charge in [-0.1, -0.05) is 24.3 Å². The molecule has 10 heteroatoms. The molecule has 0 N–H and O–H groups in total. The van der Waals surface area contributed by atoms with E-state index in [1.54, 1.807) is 12.1 Å². The summed E-state index contributed by atoms with van der Waals surface area (Å²) in [6, 6.07) is 15.4. The fraction of sp³-hybridized carbons (Fsp3) is 0.500. The predicted molar refractivity (Wildman–Crippen MR) is 146 cm³/mol. The van der Waals surface area contributed by atoms with Gasteiger partial charge in [-0.05, 0) is 49.2 Å². The Morgan fingerprint density at radius 3 is 1.74 bits per heavy atom. The van der Waals surface area contributed by atoms with Gasteiger partial charge < -0.3 is 9.64 Å². The van der Waals surface area contributed by atoms with Gasteiger partial charge in [0.25, 0.3) is 5.91 Å². The Kier molecular flexibility index (Phi) is 8.87. The van der Waals surface area contributed by atoms with Gasteiger partial charge in [-0.3, -0.25) is 14.6 Å². The lowest BCUT2D eigenvalue weighted by Gasteiger charge is -2.44. The first-order chi connectivity index (χ1) is 18.0. The lowest BCUT2D eigenvalue weighted by molar-refractivity contribution is 0.0268. The molecule has 9 nitrogen and oxygen atoms in total. The van der Waals surface area contributed by atoms with Crippen molar-refractivity contribution < 1.29 is 22.7 Å². The maximum absolute atomic E-state index is 13.4. The molecule has 2 heterocycles. The number of sulfonamides is 1. The highest BCUT2D eigenvalue weighted by molar-refractivity contribution is 7.88. The van der Waals surface area contributed by atoms with Crippen LogP contribution in [-0.2, 0) is 27.8 Å². The number of ether oxygens (including phenoxy) is 1. The monoisotopic (exact) mass is 542 g/mol. The van der Waals surface area contributed by atoms with Crippen molar-refractivity contribution in [2.24, 2.45) is 0 Å². The minimum absolute atomic E-state index is 0.0420. The van der Waals surface area contributed by atoms with Crippen LogP contribution < -0.4 is 0 Å². The molecule has 38 heavy (non-hydrogen) atoms. The second-order valence-electron chi connectivity index (χ2n) is 10.4.